The van der Waals surface area contributed by atoms with Crippen molar-refractivity contribution < 1.29 is 0 Å². The largest absolute Gasteiger partial charge is 0.313 e. The Morgan fingerprint density at radius 3 is 2.00 bits per heavy atom. The minimum absolute atomic E-state index is 0.301. The third kappa shape index (κ3) is 5.51. The second kappa shape index (κ2) is 6.93. The summed E-state index contributed by atoms with van der Waals surface area (Å²) in [5.74, 6) is 0. The molecular formula is C9H20ClN. The molecule has 0 aromatic carbocycles. The van der Waals surface area contributed by atoms with E-state index in [9.17, 15) is 0 Å². The summed E-state index contributed by atoms with van der Waals surface area (Å²) in [7, 11) is 0. The lowest BCUT2D eigenvalue weighted by molar-refractivity contribution is 0.479. The number of hydrogen-bond donors (Lipinski definition) is 1. The summed E-state index contributed by atoms with van der Waals surface area (Å²) in [5, 5.41) is 3.74. The van der Waals surface area contributed by atoms with E-state index in [2.05, 4.69) is 26.1 Å². The van der Waals surface area contributed by atoms with Crippen molar-refractivity contribution in [3.63, 3.8) is 0 Å². The molecule has 0 rings (SSSR count). The summed E-state index contributed by atoms with van der Waals surface area (Å²) >= 11 is 5.96. The van der Waals surface area contributed by atoms with E-state index in [1.54, 1.807) is 0 Å². The Labute approximate surface area is 75.5 Å². The highest BCUT2D eigenvalue weighted by Crippen LogP contribution is 2.01. The molecule has 68 valence electrons. The van der Waals surface area contributed by atoms with E-state index < -0.39 is 0 Å². The van der Waals surface area contributed by atoms with Gasteiger partial charge in [0.25, 0.3) is 0 Å². The molecule has 2 heteroatoms. The fraction of sp³-hybridized carbons (Fsp3) is 1.00. The zero-order chi connectivity index (χ0) is 8.69. The van der Waals surface area contributed by atoms with Gasteiger partial charge in [-0.2, -0.15) is 0 Å². The van der Waals surface area contributed by atoms with Crippen LogP contribution in [0.4, 0.5) is 0 Å². The lowest BCUT2D eigenvalue weighted by Gasteiger charge is -2.16. The van der Waals surface area contributed by atoms with Gasteiger partial charge in [-0.05, 0) is 19.3 Å². The monoisotopic (exact) mass is 177 g/mol. The zero-order valence-electron chi connectivity index (χ0n) is 7.86. The molecule has 0 heterocycles. The fourth-order valence-electron chi connectivity index (χ4n) is 1.02. The van der Waals surface area contributed by atoms with Gasteiger partial charge < -0.3 is 5.32 Å². The van der Waals surface area contributed by atoms with Crippen molar-refractivity contribution in [1.82, 2.24) is 5.32 Å². The number of hydrogen-bond acceptors (Lipinski definition) is 1. The summed E-state index contributed by atoms with van der Waals surface area (Å²) in [5.41, 5.74) is 0. The molecule has 0 saturated carbocycles. The molecule has 0 aromatic heterocycles. The summed E-state index contributed by atoms with van der Waals surface area (Å²) < 4.78 is 0. The molecule has 0 aliphatic heterocycles. The first-order chi connectivity index (χ1) is 5.24. The van der Waals surface area contributed by atoms with Gasteiger partial charge in [0.2, 0.25) is 0 Å². The normalized spacial score (nSPS) is 13.9. The van der Waals surface area contributed by atoms with Gasteiger partial charge >= 0.3 is 0 Å². The highest BCUT2D eigenvalue weighted by Gasteiger charge is 2.05. The van der Waals surface area contributed by atoms with Crippen LogP contribution >= 0.6 is 11.6 Å². The van der Waals surface area contributed by atoms with Crippen molar-refractivity contribution in [2.45, 2.75) is 51.5 Å². The molecule has 11 heavy (non-hydrogen) atoms. The maximum atomic E-state index is 5.96. The number of rotatable bonds is 6. The molecule has 0 aromatic rings. The summed E-state index contributed by atoms with van der Waals surface area (Å²) in [6.07, 6.45) is 3.45. The first-order valence-corrected chi connectivity index (χ1v) is 5.05. The second-order valence-electron chi connectivity index (χ2n) is 2.93. The van der Waals surface area contributed by atoms with Crippen LogP contribution in [0.3, 0.4) is 0 Å². The van der Waals surface area contributed by atoms with Crippen molar-refractivity contribution in [3.8, 4) is 0 Å². The maximum Gasteiger partial charge on any atom is 0.0458 e. The molecule has 1 N–H and O–H groups in total. The number of halogens is 1. The average Bonchev–Trinajstić information content (AvgIpc) is 2.06. The smallest absolute Gasteiger partial charge is 0.0458 e. The third-order valence-electron chi connectivity index (χ3n) is 2.06. The van der Waals surface area contributed by atoms with E-state index in [-0.39, 0.29) is 0 Å². The van der Waals surface area contributed by atoms with Crippen LogP contribution in [0.1, 0.15) is 40.0 Å². The number of nitrogens with one attached hydrogen (secondary N) is 1. The van der Waals surface area contributed by atoms with Crippen LogP contribution in [0.25, 0.3) is 0 Å². The van der Waals surface area contributed by atoms with Crippen LogP contribution in [-0.2, 0) is 0 Å². The van der Waals surface area contributed by atoms with E-state index in [0.717, 1.165) is 13.0 Å². The summed E-state index contributed by atoms with van der Waals surface area (Å²) in [4.78, 5) is 0. The van der Waals surface area contributed by atoms with E-state index in [1.807, 2.05) is 0 Å². The van der Waals surface area contributed by atoms with Gasteiger partial charge in [0, 0.05) is 18.0 Å². The molecular weight excluding hydrogens is 158 g/mol. The van der Waals surface area contributed by atoms with Gasteiger partial charge in [0.05, 0.1) is 0 Å². The minimum atomic E-state index is 0.301. The topological polar surface area (TPSA) is 12.0 Å². The van der Waals surface area contributed by atoms with Crippen molar-refractivity contribution in [2.75, 3.05) is 6.54 Å². The maximum absolute atomic E-state index is 5.96. The van der Waals surface area contributed by atoms with Crippen molar-refractivity contribution >= 4 is 11.6 Å². The molecule has 0 saturated heterocycles. The molecule has 0 bridgehead atoms. The van der Waals surface area contributed by atoms with Crippen LogP contribution in [0.15, 0.2) is 0 Å². The van der Waals surface area contributed by atoms with E-state index in [4.69, 9.17) is 11.6 Å². The van der Waals surface area contributed by atoms with Crippen LogP contribution in [0.2, 0.25) is 0 Å². The van der Waals surface area contributed by atoms with E-state index >= 15 is 0 Å². The Balaban J connectivity index is 3.34. The molecule has 0 fully saturated rings. The number of alkyl halides is 1. The molecule has 1 unspecified atom stereocenters. The van der Waals surface area contributed by atoms with Crippen molar-refractivity contribution in [1.29, 1.82) is 0 Å². The zero-order valence-corrected chi connectivity index (χ0v) is 8.62. The molecule has 1 nitrogen and oxygen atoms in total. The van der Waals surface area contributed by atoms with Crippen molar-refractivity contribution in [3.05, 3.63) is 0 Å². The van der Waals surface area contributed by atoms with Crippen LogP contribution < -0.4 is 5.32 Å². The lowest BCUT2D eigenvalue weighted by atomic mass is 10.1. The molecule has 0 amide bonds. The second-order valence-corrected chi connectivity index (χ2v) is 3.54. The Bertz CT molecular complexity index is 81.6. The van der Waals surface area contributed by atoms with Crippen molar-refractivity contribution in [2.24, 2.45) is 0 Å². The lowest BCUT2D eigenvalue weighted by Crippen LogP contribution is -2.32. The van der Waals surface area contributed by atoms with Crippen LogP contribution in [0, 0.1) is 0 Å². The Kier molecular flexibility index (Phi) is 7.09. The molecule has 0 spiro atoms. The highest BCUT2D eigenvalue weighted by molar-refractivity contribution is 6.20. The standard InChI is InChI=1S/C9H20ClN/c1-4-8(10)7-11-9(5-2)6-3/h8-9,11H,4-7H2,1-3H3. The van der Waals surface area contributed by atoms with Gasteiger partial charge in [-0.25, -0.2) is 0 Å². The van der Waals surface area contributed by atoms with Crippen LogP contribution in [0.5, 0.6) is 0 Å². The first-order valence-electron chi connectivity index (χ1n) is 4.61. The predicted molar refractivity (Wildman–Crippen MR) is 52.3 cm³/mol. The van der Waals surface area contributed by atoms with Gasteiger partial charge in [-0.3, -0.25) is 0 Å². The molecule has 0 aliphatic rings. The fourth-order valence-corrected chi connectivity index (χ4v) is 1.11. The molecule has 0 radical (unpaired) electrons. The van der Waals surface area contributed by atoms with Gasteiger partial charge in [-0.15, -0.1) is 11.6 Å². The quantitative estimate of drug-likeness (QED) is 0.616. The van der Waals surface area contributed by atoms with E-state index in [1.165, 1.54) is 12.8 Å². The molecule has 1 atom stereocenters. The SMILES string of the molecule is CCC(Cl)CNC(CC)CC. The van der Waals surface area contributed by atoms with Gasteiger partial charge in [-0.1, -0.05) is 20.8 Å². The molecule has 0 aliphatic carbocycles. The van der Waals surface area contributed by atoms with Crippen LogP contribution in [-0.4, -0.2) is 18.0 Å². The first kappa shape index (κ1) is 11.2. The Morgan fingerprint density at radius 2 is 1.64 bits per heavy atom. The van der Waals surface area contributed by atoms with Gasteiger partial charge in [0.15, 0.2) is 0 Å². The average molecular weight is 178 g/mol. The third-order valence-corrected chi connectivity index (χ3v) is 2.52. The Hall–Kier alpha value is 0.250. The predicted octanol–water partition coefficient (Wildman–Crippen LogP) is 2.78. The van der Waals surface area contributed by atoms with E-state index in [0.29, 0.717) is 11.4 Å². The minimum Gasteiger partial charge on any atom is -0.313 e. The highest BCUT2D eigenvalue weighted by atomic mass is 35.5. The van der Waals surface area contributed by atoms with Gasteiger partial charge in [0.1, 0.15) is 0 Å². The summed E-state index contributed by atoms with van der Waals surface area (Å²) in [6, 6.07) is 0.655. The summed E-state index contributed by atoms with van der Waals surface area (Å²) in [6.45, 7) is 7.48. The Morgan fingerprint density at radius 1 is 1.09 bits per heavy atom.